The Kier molecular flexibility index (Phi) is 6.92. The number of rotatable bonds is 8. The molecule has 0 bridgehead atoms. The molecule has 116 valence electrons. The van der Waals surface area contributed by atoms with Gasteiger partial charge in [0.15, 0.2) is 5.78 Å². The fraction of sp³-hybridized carbons (Fsp3) is 0.529. The molecule has 0 amide bonds. The van der Waals surface area contributed by atoms with Gasteiger partial charge in [0.2, 0.25) is 0 Å². The molecule has 0 saturated carbocycles. The lowest BCUT2D eigenvalue weighted by molar-refractivity contribution is -0.143. The van der Waals surface area contributed by atoms with Crippen LogP contribution in [0.15, 0.2) is 12.1 Å². The van der Waals surface area contributed by atoms with E-state index >= 15 is 0 Å². The molecule has 0 aliphatic carbocycles. The van der Waals surface area contributed by atoms with Gasteiger partial charge in [-0.05, 0) is 56.9 Å². The molecule has 0 aromatic heterocycles. The van der Waals surface area contributed by atoms with Gasteiger partial charge in [0.25, 0.3) is 0 Å². The van der Waals surface area contributed by atoms with Crippen molar-refractivity contribution in [3.8, 4) is 5.75 Å². The Labute approximate surface area is 126 Å². The lowest BCUT2D eigenvalue weighted by Crippen LogP contribution is -2.05. The number of carbonyl (C=O) groups is 2. The van der Waals surface area contributed by atoms with Gasteiger partial charge in [-0.2, -0.15) is 0 Å². The van der Waals surface area contributed by atoms with E-state index < -0.39 is 0 Å². The highest BCUT2D eigenvalue weighted by Gasteiger charge is 2.11. The van der Waals surface area contributed by atoms with Crippen molar-refractivity contribution in [3.05, 3.63) is 28.8 Å². The lowest BCUT2D eigenvalue weighted by Gasteiger charge is -2.10. The highest BCUT2D eigenvalue weighted by molar-refractivity contribution is 5.96. The first kappa shape index (κ1) is 17.2. The van der Waals surface area contributed by atoms with Gasteiger partial charge < -0.3 is 9.47 Å². The number of benzene rings is 1. The Morgan fingerprint density at radius 2 is 1.62 bits per heavy atom. The van der Waals surface area contributed by atoms with Gasteiger partial charge in [-0.25, -0.2) is 0 Å². The molecule has 1 rings (SSSR count). The van der Waals surface area contributed by atoms with E-state index in [0.29, 0.717) is 37.9 Å². The molecule has 4 nitrogen and oxygen atoms in total. The van der Waals surface area contributed by atoms with E-state index in [9.17, 15) is 9.59 Å². The number of aryl methyl sites for hydroxylation is 2. The average molecular weight is 292 g/mol. The van der Waals surface area contributed by atoms with Gasteiger partial charge in [0.05, 0.1) is 13.7 Å². The molecule has 0 fully saturated rings. The molecule has 1 aromatic carbocycles. The third-order valence-electron chi connectivity index (χ3n) is 3.33. The zero-order chi connectivity index (χ0) is 15.8. The number of ketones is 1. The highest BCUT2D eigenvalue weighted by Crippen LogP contribution is 2.25. The van der Waals surface area contributed by atoms with Crippen LogP contribution >= 0.6 is 0 Å². The van der Waals surface area contributed by atoms with Gasteiger partial charge in [-0.15, -0.1) is 0 Å². The molecule has 1 aromatic rings. The van der Waals surface area contributed by atoms with Crippen LogP contribution in [0.1, 0.15) is 54.1 Å². The van der Waals surface area contributed by atoms with Crippen molar-refractivity contribution in [2.24, 2.45) is 0 Å². The van der Waals surface area contributed by atoms with Crippen molar-refractivity contribution >= 4 is 11.8 Å². The number of Topliss-reactive ketones (excluding diaryl/α,β-unsaturated/α-hetero) is 1. The lowest BCUT2D eigenvalue weighted by atomic mass is 9.99. The van der Waals surface area contributed by atoms with Crippen LogP contribution in [-0.2, 0) is 9.53 Å². The first-order valence-electron chi connectivity index (χ1n) is 7.33. The Hall–Kier alpha value is -1.84. The summed E-state index contributed by atoms with van der Waals surface area (Å²) in [5.41, 5.74) is 2.64. The molecule has 21 heavy (non-hydrogen) atoms. The maximum Gasteiger partial charge on any atom is 0.305 e. The van der Waals surface area contributed by atoms with Crippen LogP contribution in [-0.4, -0.2) is 25.5 Å². The molecule has 0 atom stereocenters. The summed E-state index contributed by atoms with van der Waals surface area (Å²) >= 11 is 0. The molecule has 0 heterocycles. The van der Waals surface area contributed by atoms with Crippen molar-refractivity contribution in [1.29, 1.82) is 0 Å². The maximum atomic E-state index is 12.2. The number of methoxy groups -OCH3 is 1. The number of hydrogen-bond donors (Lipinski definition) is 0. The molecular weight excluding hydrogens is 268 g/mol. The summed E-state index contributed by atoms with van der Waals surface area (Å²) in [5.74, 6) is 0.739. The predicted octanol–water partition coefficient (Wildman–Crippen LogP) is 3.62. The van der Waals surface area contributed by atoms with Crippen molar-refractivity contribution in [2.75, 3.05) is 13.7 Å². The monoisotopic (exact) mass is 292 g/mol. The number of ether oxygens (including phenoxy) is 2. The second-order valence-electron chi connectivity index (χ2n) is 5.08. The summed E-state index contributed by atoms with van der Waals surface area (Å²) in [4.78, 5) is 23.4. The normalized spacial score (nSPS) is 10.3. The number of hydrogen-bond acceptors (Lipinski definition) is 4. The number of esters is 1. The summed E-state index contributed by atoms with van der Waals surface area (Å²) in [6.45, 7) is 6.06. The SMILES string of the molecule is CCOC(=O)CCCCC(=O)c1cc(C)c(OC)c(C)c1. The Bertz CT molecular complexity index is 483. The van der Waals surface area contributed by atoms with Gasteiger partial charge in [0, 0.05) is 18.4 Å². The van der Waals surface area contributed by atoms with Crippen molar-refractivity contribution in [1.82, 2.24) is 0 Å². The third kappa shape index (κ3) is 5.21. The van der Waals surface area contributed by atoms with Gasteiger partial charge in [-0.3, -0.25) is 9.59 Å². The van der Waals surface area contributed by atoms with Crippen LogP contribution in [0.2, 0.25) is 0 Å². The summed E-state index contributed by atoms with van der Waals surface area (Å²) < 4.78 is 10.1. The molecule has 0 radical (unpaired) electrons. The molecule has 0 spiro atoms. The largest absolute Gasteiger partial charge is 0.496 e. The first-order valence-corrected chi connectivity index (χ1v) is 7.33. The topological polar surface area (TPSA) is 52.6 Å². The van der Waals surface area contributed by atoms with Crippen molar-refractivity contribution in [3.63, 3.8) is 0 Å². The van der Waals surface area contributed by atoms with E-state index in [-0.39, 0.29) is 11.8 Å². The van der Waals surface area contributed by atoms with E-state index in [1.54, 1.807) is 14.0 Å². The molecule has 0 aliphatic heterocycles. The summed E-state index contributed by atoms with van der Waals surface area (Å²) in [6.07, 6.45) is 2.20. The number of carbonyl (C=O) groups excluding carboxylic acids is 2. The number of unbranched alkanes of at least 4 members (excludes halogenated alkanes) is 1. The molecule has 0 saturated heterocycles. The van der Waals surface area contributed by atoms with Gasteiger partial charge in [-0.1, -0.05) is 0 Å². The molecule has 4 heteroatoms. The minimum absolute atomic E-state index is 0.104. The highest BCUT2D eigenvalue weighted by atomic mass is 16.5. The Balaban J connectivity index is 2.51. The average Bonchev–Trinajstić information content (AvgIpc) is 2.43. The fourth-order valence-corrected chi connectivity index (χ4v) is 2.37. The summed E-state index contributed by atoms with van der Waals surface area (Å²) in [7, 11) is 1.63. The zero-order valence-electron chi connectivity index (χ0n) is 13.3. The summed E-state index contributed by atoms with van der Waals surface area (Å²) in [6, 6.07) is 3.72. The standard InChI is InChI=1S/C17H24O4/c1-5-21-16(19)9-7-6-8-15(18)14-10-12(2)17(20-4)13(3)11-14/h10-11H,5-9H2,1-4H3. The molecule has 0 unspecified atom stereocenters. The minimum Gasteiger partial charge on any atom is -0.496 e. The predicted molar refractivity (Wildman–Crippen MR) is 81.9 cm³/mol. The second-order valence-corrected chi connectivity index (χ2v) is 5.08. The van der Waals surface area contributed by atoms with Crippen LogP contribution < -0.4 is 4.74 Å². The Morgan fingerprint density at radius 1 is 1.05 bits per heavy atom. The van der Waals surface area contributed by atoms with E-state index in [0.717, 1.165) is 16.9 Å². The van der Waals surface area contributed by atoms with Crippen LogP contribution in [0.5, 0.6) is 5.75 Å². The van der Waals surface area contributed by atoms with Crippen LogP contribution in [0.25, 0.3) is 0 Å². The van der Waals surface area contributed by atoms with Crippen LogP contribution in [0, 0.1) is 13.8 Å². The third-order valence-corrected chi connectivity index (χ3v) is 3.33. The van der Waals surface area contributed by atoms with E-state index in [1.165, 1.54) is 0 Å². The van der Waals surface area contributed by atoms with E-state index in [1.807, 2.05) is 26.0 Å². The van der Waals surface area contributed by atoms with E-state index in [4.69, 9.17) is 9.47 Å². The van der Waals surface area contributed by atoms with Crippen LogP contribution in [0.4, 0.5) is 0 Å². The first-order chi connectivity index (χ1) is 9.99. The quantitative estimate of drug-likeness (QED) is 0.417. The minimum atomic E-state index is -0.193. The smallest absolute Gasteiger partial charge is 0.305 e. The second kappa shape index (κ2) is 8.45. The van der Waals surface area contributed by atoms with Gasteiger partial charge in [0.1, 0.15) is 5.75 Å². The molecule has 0 N–H and O–H groups in total. The zero-order valence-corrected chi connectivity index (χ0v) is 13.3. The van der Waals surface area contributed by atoms with E-state index in [2.05, 4.69) is 0 Å². The summed E-state index contributed by atoms with van der Waals surface area (Å²) in [5, 5.41) is 0. The maximum absolute atomic E-state index is 12.2. The van der Waals surface area contributed by atoms with Crippen LogP contribution in [0.3, 0.4) is 0 Å². The molecular formula is C17H24O4. The Morgan fingerprint density at radius 3 is 2.14 bits per heavy atom. The fourth-order valence-electron chi connectivity index (χ4n) is 2.37. The van der Waals surface area contributed by atoms with Crippen molar-refractivity contribution < 1.29 is 19.1 Å². The van der Waals surface area contributed by atoms with Gasteiger partial charge >= 0.3 is 5.97 Å². The molecule has 0 aliphatic rings. The van der Waals surface area contributed by atoms with Crippen molar-refractivity contribution in [2.45, 2.75) is 46.5 Å².